The monoisotopic (exact) mass is 470 g/mol. The molecule has 0 unspecified atom stereocenters. The molecule has 1 aliphatic heterocycles. The lowest BCUT2D eigenvalue weighted by Crippen LogP contribution is -2.17. The summed E-state index contributed by atoms with van der Waals surface area (Å²) in [5.41, 5.74) is 4.38. The average Bonchev–Trinajstić information content (AvgIpc) is 2.92. The summed E-state index contributed by atoms with van der Waals surface area (Å²) in [6.07, 6.45) is 4.30. The van der Waals surface area contributed by atoms with Crippen molar-refractivity contribution in [3.8, 4) is 5.75 Å². The molecule has 1 aliphatic rings. The minimum Gasteiger partial charge on any atom is -0.493 e. The molecule has 1 aromatic heterocycles. The van der Waals surface area contributed by atoms with Gasteiger partial charge in [0.2, 0.25) is 0 Å². The molecular weight excluding hydrogens is 444 g/mol. The Labute approximate surface area is 197 Å². The molecule has 174 valence electrons. The molecular formula is C25H27ClN2O5. The van der Waals surface area contributed by atoms with Gasteiger partial charge in [-0.25, -0.2) is 9.59 Å². The summed E-state index contributed by atoms with van der Waals surface area (Å²) in [7, 11) is 0. The predicted octanol–water partition coefficient (Wildman–Crippen LogP) is 4.16. The highest BCUT2D eigenvalue weighted by Gasteiger charge is 2.18. The summed E-state index contributed by atoms with van der Waals surface area (Å²) in [5.74, 6) is -1.67. The van der Waals surface area contributed by atoms with Crippen LogP contribution in [0.5, 0.6) is 5.75 Å². The smallest absolute Gasteiger partial charge is 0.328 e. The average molecular weight is 471 g/mol. The van der Waals surface area contributed by atoms with E-state index in [0.29, 0.717) is 23.8 Å². The Bertz CT molecular complexity index is 1120. The maximum atomic E-state index is 9.55. The number of carboxylic acid groups (broad SMARTS) is 2. The molecule has 0 atom stereocenters. The van der Waals surface area contributed by atoms with E-state index in [2.05, 4.69) is 34.1 Å². The molecule has 2 aromatic carbocycles. The molecule has 0 radical (unpaired) electrons. The highest BCUT2D eigenvalue weighted by atomic mass is 35.5. The third-order valence-corrected chi connectivity index (χ3v) is 5.48. The number of aromatic nitrogens is 1. The van der Waals surface area contributed by atoms with E-state index in [9.17, 15) is 9.59 Å². The quantitative estimate of drug-likeness (QED) is 0.354. The maximum absolute atomic E-state index is 9.55. The summed E-state index contributed by atoms with van der Waals surface area (Å²) in [6.45, 7) is 3.80. The van der Waals surface area contributed by atoms with Crippen LogP contribution in [0.2, 0.25) is 5.02 Å². The number of nitrogens with zero attached hydrogens (tertiary/aromatic N) is 1. The lowest BCUT2D eigenvalue weighted by Gasteiger charge is -2.12. The number of para-hydroxylation sites is 1. The Morgan fingerprint density at radius 1 is 1.03 bits per heavy atom. The lowest BCUT2D eigenvalue weighted by molar-refractivity contribution is -0.134. The first-order valence-electron chi connectivity index (χ1n) is 10.8. The zero-order valence-electron chi connectivity index (χ0n) is 18.2. The van der Waals surface area contributed by atoms with Gasteiger partial charge in [-0.05, 0) is 49.2 Å². The van der Waals surface area contributed by atoms with Gasteiger partial charge in [0, 0.05) is 53.3 Å². The van der Waals surface area contributed by atoms with Crippen LogP contribution < -0.4 is 10.1 Å². The zero-order valence-corrected chi connectivity index (χ0v) is 18.9. The molecule has 33 heavy (non-hydrogen) atoms. The summed E-state index contributed by atoms with van der Waals surface area (Å²) in [4.78, 5) is 19.1. The molecule has 8 heteroatoms. The predicted molar refractivity (Wildman–Crippen MR) is 128 cm³/mol. The molecule has 0 spiro atoms. The first-order valence-corrected chi connectivity index (χ1v) is 11.2. The first-order chi connectivity index (χ1) is 16.0. The molecule has 2 heterocycles. The van der Waals surface area contributed by atoms with Crippen LogP contribution in [0.25, 0.3) is 10.9 Å². The van der Waals surface area contributed by atoms with Gasteiger partial charge in [0.15, 0.2) is 0 Å². The van der Waals surface area contributed by atoms with E-state index in [-0.39, 0.29) is 0 Å². The van der Waals surface area contributed by atoms with Crippen molar-refractivity contribution in [1.29, 1.82) is 0 Å². The number of aliphatic carboxylic acids is 2. The molecule has 0 saturated heterocycles. The van der Waals surface area contributed by atoms with Gasteiger partial charge in [0.05, 0.1) is 6.61 Å². The van der Waals surface area contributed by atoms with Crippen molar-refractivity contribution in [3.63, 3.8) is 0 Å². The van der Waals surface area contributed by atoms with Crippen molar-refractivity contribution in [2.24, 2.45) is 0 Å². The maximum Gasteiger partial charge on any atom is 0.328 e. The van der Waals surface area contributed by atoms with Crippen LogP contribution in [0.3, 0.4) is 0 Å². The van der Waals surface area contributed by atoms with Crippen molar-refractivity contribution in [2.45, 2.75) is 25.8 Å². The van der Waals surface area contributed by atoms with Crippen LogP contribution >= 0.6 is 11.6 Å². The number of rotatable bonds is 7. The van der Waals surface area contributed by atoms with Gasteiger partial charge in [-0.2, -0.15) is 0 Å². The van der Waals surface area contributed by atoms with Crippen LogP contribution in [0.1, 0.15) is 17.7 Å². The van der Waals surface area contributed by atoms with Crippen molar-refractivity contribution < 1.29 is 24.5 Å². The fourth-order valence-corrected chi connectivity index (χ4v) is 4.09. The van der Waals surface area contributed by atoms with E-state index in [1.165, 1.54) is 22.2 Å². The van der Waals surface area contributed by atoms with Gasteiger partial charge in [-0.1, -0.05) is 35.9 Å². The summed E-state index contributed by atoms with van der Waals surface area (Å²) >= 11 is 6.01. The zero-order chi connectivity index (χ0) is 23.6. The first kappa shape index (κ1) is 24.4. The second-order valence-corrected chi connectivity index (χ2v) is 7.95. The topological polar surface area (TPSA) is 101 Å². The van der Waals surface area contributed by atoms with E-state index in [1.54, 1.807) is 0 Å². The van der Waals surface area contributed by atoms with Crippen LogP contribution in [0.15, 0.2) is 60.7 Å². The van der Waals surface area contributed by atoms with Crippen LogP contribution in [0, 0.1) is 0 Å². The van der Waals surface area contributed by atoms with Gasteiger partial charge in [0.1, 0.15) is 5.75 Å². The Balaban J connectivity index is 0.000000331. The number of ether oxygens (including phenoxy) is 1. The van der Waals surface area contributed by atoms with Crippen molar-refractivity contribution in [3.05, 3.63) is 77.0 Å². The minimum atomic E-state index is -1.26. The number of hydrogen-bond donors (Lipinski definition) is 3. The number of benzene rings is 2. The Hall–Kier alpha value is -3.29. The fraction of sp³-hybridized carbons (Fsp3) is 0.280. The molecule has 3 N–H and O–H groups in total. The summed E-state index contributed by atoms with van der Waals surface area (Å²) in [6, 6.07) is 16.4. The van der Waals surface area contributed by atoms with Gasteiger partial charge >= 0.3 is 11.9 Å². The second-order valence-electron chi connectivity index (χ2n) is 7.51. The molecule has 4 rings (SSSR count). The van der Waals surface area contributed by atoms with Crippen LogP contribution in [-0.4, -0.2) is 46.4 Å². The lowest BCUT2D eigenvalue weighted by atomic mass is 10.1. The summed E-state index contributed by atoms with van der Waals surface area (Å²) in [5, 5.41) is 21.3. The normalized spacial score (nSPS) is 13.1. The Morgan fingerprint density at radius 3 is 2.48 bits per heavy atom. The molecule has 0 amide bonds. The number of aryl methyl sites for hydroxylation is 1. The molecule has 7 nitrogen and oxygen atoms in total. The van der Waals surface area contributed by atoms with Crippen molar-refractivity contribution in [1.82, 2.24) is 9.88 Å². The minimum absolute atomic E-state index is 0.558. The van der Waals surface area contributed by atoms with Crippen LogP contribution in [-0.2, 0) is 29.0 Å². The highest BCUT2D eigenvalue weighted by molar-refractivity contribution is 6.30. The Kier molecular flexibility index (Phi) is 8.92. The van der Waals surface area contributed by atoms with Gasteiger partial charge < -0.3 is 24.8 Å². The third-order valence-electron chi connectivity index (χ3n) is 5.24. The molecule has 0 fully saturated rings. The SMILES string of the molecule is Clc1cccc(OCCCn2c3c(c4ccccc42)CCNCC3)c1.O=C(O)C=CC(=O)O. The van der Waals surface area contributed by atoms with Gasteiger partial charge in [0.25, 0.3) is 0 Å². The van der Waals surface area contributed by atoms with E-state index in [4.69, 9.17) is 26.6 Å². The number of fused-ring (bicyclic) bond motifs is 3. The van der Waals surface area contributed by atoms with E-state index in [1.807, 2.05) is 24.3 Å². The second kappa shape index (κ2) is 12.1. The number of hydrogen-bond acceptors (Lipinski definition) is 4. The Morgan fingerprint density at radius 2 is 1.76 bits per heavy atom. The fourth-order valence-electron chi connectivity index (χ4n) is 3.91. The molecule has 3 aromatic rings. The van der Waals surface area contributed by atoms with E-state index >= 15 is 0 Å². The standard InChI is InChI=1S/C21H23ClN2O.C4H4O4/c22-16-5-3-6-17(15-16)25-14-4-13-24-20-8-2-1-7-18(20)19-9-11-23-12-10-21(19)24;5-3(6)1-2-4(7)8/h1-3,5-8,15,23H,4,9-14H2;1-2H,(H,5,6)(H,7,8). The highest BCUT2D eigenvalue weighted by Crippen LogP contribution is 2.28. The van der Waals surface area contributed by atoms with E-state index < -0.39 is 11.9 Å². The molecule has 0 bridgehead atoms. The molecule has 0 aliphatic carbocycles. The number of carbonyl (C=O) groups is 2. The molecule has 0 saturated carbocycles. The third kappa shape index (κ3) is 7.10. The number of nitrogens with one attached hydrogen (secondary N) is 1. The summed E-state index contributed by atoms with van der Waals surface area (Å²) < 4.78 is 8.35. The van der Waals surface area contributed by atoms with Gasteiger partial charge in [-0.3, -0.25) is 0 Å². The van der Waals surface area contributed by atoms with E-state index in [0.717, 1.165) is 44.6 Å². The van der Waals surface area contributed by atoms with Gasteiger partial charge in [-0.15, -0.1) is 0 Å². The van der Waals surface area contributed by atoms with Crippen molar-refractivity contribution >= 4 is 34.4 Å². The van der Waals surface area contributed by atoms with Crippen molar-refractivity contribution in [2.75, 3.05) is 19.7 Å². The largest absolute Gasteiger partial charge is 0.493 e. The number of halogens is 1. The van der Waals surface area contributed by atoms with Crippen LogP contribution in [0.4, 0.5) is 0 Å². The number of carboxylic acids is 2.